The molecule has 1 aliphatic heterocycles. The number of nitriles is 1. The van der Waals surface area contributed by atoms with Crippen molar-refractivity contribution < 1.29 is 14.3 Å². The Hall–Kier alpha value is -1.70. The summed E-state index contributed by atoms with van der Waals surface area (Å²) in [5.41, 5.74) is -0.108. The van der Waals surface area contributed by atoms with E-state index in [0.29, 0.717) is 6.61 Å². The number of ether oxygens (including phenoxy) is 2. The number of nitrogens with one attached hydrogen (secondary N) is 1. The van der Waals surface area contributed by atoms with Crippen molar-refractivity contribution >= 4 is 5.97 Å². The van der Waals surface area contributed by atoms with Gasteiger partial charge in [-0.3, -0.25) is 0 Å². The highest BCUT2D eigenvalue weighted by molar-refractivity contribution is 5.93. The molecule has 0 amide bonds. The molecule has 5 nitrogen and oxygen atoms in total. The standard InChI is InChI=1S/C9H12N2O3/c1-3-6-5-14-8(11-6)7(4-10)9(12)13-2/h6,11H,3,5H2,1-2H3/b8-7-. The third-order valence-electron chi connectivity index (χ3n) is 1.99. The largest absolute Gasteiger partial charge is 0.476 e. The molecule has 0 saturated carbocycles. The van der Waals surface area contributed by atoms with Crippen molar-refractivity contribution in [1.29, 1.82) is 5.26 Å². The first-order chi connectivity index (χ1) is 6.72. The molecule has 76 valence electrons. The van der Waals surface area contributed by atoms with E-state index in [1.54, 1.807) is 6.07 Å². The maximum absolute atomic E-state index is 11.1. The SMILES string of the molecule is CCC1CO/C(=C(/C#N)C(=O)OC)N1. The minimum atomic E-state index is -0.674. The summed E-state index contributed by atoms with van der Waals surface area (Å²) in [6, 6.07) is 1.92. The van der Waals surface area contributed by atoms with E-state index in [1.165, 1.54) is 7.11 Å². The number of carbonyl (C=O) groups excluding carboxylic acids is 1. The van der Waals surface area contributed by atoms with Crippen LogP contribution in [0.4, 0.5) is 0 Å². The monoisotopic (exact) mass is 196 g/mol. The van der Waals surface area contributed by atoms with Crippen LogP contribution >= 0.6 is 0 Å². The van der Waals surface area contributed by atoms with Gasteiger partial charge in [-0.1, -0.05) is 6.92 Å². The smallest absolute Gasteiger partial charge is 0.354 e. The molecule has 1 unspecified atom stereocenters. The predicted molar refractivity (Wildman–Crippen MR) is 47.8 cm³/mol. The molecule has 1 heterocycles. The lowest BCUT2D eigenvalue weighted by Gasteiger charge is -2.03. The number of esters is 1. The number of methoxy groups -OCH3 is 1. The van der Waals surface area contributed by atoms with Gasteiger partial charge in [0.25, 0.3) is 0 Å². The minimum absolute atomic E-state index is 0.108. The normalized spacial score (nSPS) is 23.1. The predicted octanol–water partition coefficient (Wildman–Crippen LogP) is 0.293. The Labute approximate surface area is 82.3 Å². The third-order valence-corrected chi connectivity index (χ3v) is 1.99. The Morgan fingerprint density at radius 2 is 2.57 bits per heavy atom. The molecule has 0 aromatic carbocycles. The van der Waals surface area contributed by atoms with Crippen LogP contribution in [0.1, 0.15) is 13.3 Å². The van der Waals surface area contributed by atoms with E-state index in [4.69, 9.17) is 10.00 Å². The fourth-order valence-corrected chi connectivity index (χ4v) is 1.11. The summed E-state index contributed by atoms with van der Waals surface area (Å²) in [6.07, 6.45) is 0.878. The summed E-state index contributed by atoms with van der Waals surface area (Å²) in [5.74, 6) is -0.446. The molecule has 0 spiro atoms. The Bertz CT molecular complexity index is 304. The van der Waals surface area contributed by atoms with Crippen LogP contribution in [-0.4, -0.2) is 25.7 Å². The first-order valence-electron chi connectivity index (χ1n) is 4.35. The van der Waals surface area contributed by atoms with Gasteiger partial charge in [0.1, 0.15) is 12.7 Å². The van der Waals surface area contributed by atoms with Crippen LogP contribution in [0.15, 0.2) is 11.5 Å². The molecule has 1 saturated heterocycles. The summed E-state index contributed by atoms with van der Waals surface area (Å²) in [4.78, 5) is 11.1. The van der Waals surface area contributed by atoms with Gasteiger partial charge in [-0.2, -0.15) is 5.26 Å². The van der Waals surface area contributed by atoms with E-state index in [2.05, 4.69) is 10.1 Å². The average Bonchev–Trinajstić information content (AvgIpc) is 2.67. The van der Waals surface area contributed by atoms with Crippen molar-refractivity contribution in [3.63, 3.8) is 0 Å². The first kappa shape index (κ1) is 10.4. The molecule has 0 aromatic rings. The molecule has 0 radical (unpaired) electrons. The van der Waals surface area contributed by atoms with Crippen molar-refractivity contribution in [1.82, 2.24) is 5.32 Å². The van der Waals surface area contributed by atoms with Crippen LogP contribution < -0.4 is 5.32 Å². The van der Waals surface area contributed by atoms with E-state index in [9.17, 15) is 4.79 Å². The zero-order valence-electron chi connectivity index (χ0n) is 8.16. The van der Waals surface area contributed by atoms with Crippen molar-refractivity contribution in [2.24, 2.45) is 0 Å². The molecule has 1 atom stereocenters. The summed E-state index contributed by atoms with van der Waals surface area (Å²) >= 11 is 0. The second kappa shape index (κ2) is 4.51. The Morgan fingerprint density at radius 3 is 3.00 bits per heavy atom. The molecule has 1 fully saturated rings. The van der Waals surface area contributed by atoms with Crippen LogP contribution in [0.25, 0.3) is 0 Å². The second-order valence-corrected chi connectivity index (χ2v) is 2.87. The minimum Gasteiger partial charge on any atom is -0.476 e. The van der Waals surface area contributed by atoms with Gasteiger partial charge >= 0.3 is 5.97 Å². The van der Waals surface area contributed by atoms with Crippen LogP contribution in [-0.2, 0) is 14.3 Å². The molecule has 0 aliphatic carbocycles. The van der Waals surface area contributed by atoms with Crippen LogP contribution in [0.3, 0.4) is 0 Å². The Morgan fingerprint density at radius 1 is 1.86 bits per heavy atom. The Balaban J connectivity index is 2.82. The molecule has 1 rings (SSSR count). The maximum atomic E-state index is 11.1. The van der Waals surface area contributed by atoms with Gasteiger partial charge in [-0.05, 0) is 6.42 Å². The zero-order chi connectivity index (χ0) is 10.6. The van der Waals surface area contributed by atoms with E-state index in [0.717, 1.165) is 6.42 Å². The van der Waals surface area contributed by atoms with Crippen LogP contribution in [0, 0.1) is 11.3 Å². The van der Waals surface area contributed by atoms with Crippen LogP contribution in [0.2, 0.25) is 0 Å². The maximum Gasteiger partial charge on any atom is 0.354 e. The number of hydrogen-bond acceptors (Lipinski definition) is 5. The number of nitrogens with zero attached hydrogens (tertiary/aromatic N) is 1. The molecular formula is C9H12N2O3. The first-order valence-corrected chi connectivity index (χ1v) is 4.35. The van der Waals surface area contributed by atoms with E-state index < -0.39 is 5.97 Å². The van der Waals surface area contributed by atoms with Gasteiger partial charge in [0.15, 0.2) is 5.57 Å². The van der Waals surface area contributed by atoms with E-state index >= 15 is 0 Å². The average molecular weight is 196 g/mol. The fraction of sp³-hybridized carbons (Fsp3) is 0.556. The summed E-state index contributed by atoms with van der Waals surface area (Å²) in [5, 5.41) is 11.7. The Kier molecular flexibility index (Phi) is 3.35. The van der Waals surface area contributed by atoms with Gasteiger partial charge in [-0.25, -0.2) is 4.79 Å². The molecule has 0 aromatic heterocycles. The quantitative estimate of drug-likeness (QED) is 0.390. The van der Waals surface area contributed by atoms with Crippen molar-refractivity contribution in [2.75, 3.05) is 13.7 Å². The third kappa shape index (κ3) is 1.96. The van der Waals surface area contributed by atoms with Gasteiger partial charge < -0.3 is 14.8 Å². The highest BCUT2D eigenvalue weighted by atomic mass is 16.5. The number of carbonyl (C=O) groups is 1. The molecular weight excluding hydrogens is 184 g/mol. The summed E-state index contributed by atoms with van der Waals surface area (Å²) in [7, 11) is 1.23. The molecule has 0 bridgehead atoms. The lowest BCUT2D eigenvalue weighted by Crippen LogP contribution is -2.23. The fourth-order valence-electron chi connectivity index (χ4n) is 1.11. The zero-order valence-corrected chi connectivity index (χ0v) is 8.16. The topological polar surface area (TPSA) is 71.3 Å². The van der Waals surface area contributed by atoms with Gasteiger partial charge in [0, 0.05) is 0 Å². The van der Waals surface area contributed by atoms with Crippen molar-refractivity contribution in [3.05, 3.63) is 11.5 Å². The van der Waals surface area contributed by atoms with E-state index in [-0.39, 0.29) is 17.5 Å². The van der Waals surface area contributed by atoms with Crippen LogP contribution in [0.5, 0.6) is 0 Å². The molecule has 1 N–H and O–H groups in total. The highest BCUT2D eigenvalue weighted by Gasteiger charge is 2.25. The lowest BCUT2D eigenvalue weighted by molar-refractivity contribution is -0.135. The highest BCUT2D eigenvalue weighted by Crippen LogP contribution is 2.13. The van der Waals surface area contributed by atoms with Crippen molar-refractivity contribution in [3.8, 4) is 6.07 Å². The number of hydrogen-bond donors (Lipinski definition) is 1. The summed E-state index contributed by atoms with van der Waals surface area (Å²) in [6.45, 7) is 2.47. The second-order valence-electron chi connectivity index (χ2n) is 2.87. The lowest BCUT2D eigenvalue weighted by atomic mass is 10.2. The molecule has 5 heteroatoms. The summed E-state index contributed by atoms with van der Waals surface area (Å²) < 4.78 is 9.62. The van der Waals surface area contributed by atoms with Crippen molar-refractivity contribution in [2.45, 2.75) is 19.4 Å². The van der Waals surface area contributed by atoms with Gasteiger partial charge in [-0.15, -0.1) is 0 Å². The van der Waals surface area contributed by atoms with E-state index in [1.807, 2.05) is 6.92 Å². The van der Waals surface area contributed by atoms with Gasteiger partial charge in [0.05, 0.1) is 13.2 Å². The molecule has 14 heavy (non-hydrogen) atoms. The van der Waals surface area contributed by atoms with Gasteiger partial charge in [0.2, 0.25) is 5.88 Å². The number of rotatable bonds is 2. The molecule has 1 aliphatic rings.